The van der Waals surface area contributed by atoms with Crippen LogP contribution in [0.25, 0.3) is 0 Å². The third-order valence-electron chi connectivity index (χ3n) is 8.58. The minimum Gasteiger partial charge on any atom is -0.299 e. The van der Waals surface area contributed by atoms with Gasteiger partial charge in [-0.25, -0.2) is 4.18 Å². The molecule has 0 aromatic carbocycles. The summed E-state index contributed by atoms with van der Waals surface area (Å²) in [7, 11) is -4.37. The quantitative estimate of drug-likeness (QED) is 0.748. The van der Waals surface area contributed by atoms with Crippen molar-refractivity contribution in [2.75, 3.05) is 0 Å². The number of hydrogen-bond donors (Lipinski definition) is 1. The molecule has 1 N–H and O–H groups in total. The van der Waals surface area contributed by atoms with E-state index in [1.54, 1.807) is 0 Å². The van der Waals surface area contributed by atoms with Gasteiger partial charge in [0.2, 0.25) is 0 Å². The molecule has 4 rings (SSSR count). The second kappa shape index (κ2) is 5.77. The highest BCUT2D eigenvalue weighted by Crippen LogP contribution is 2.65. The van der Waals surface area contributed by atoms with E-state index < -0.39 is 10.4 Å². The molecule has 142 valence electrons. The summed E-state index contributed by atoms with van der Waals surface area (Å²) in [5.74, 6) is 2.76. The van der Waals surface area contributed by atoms with E-state index in [9.17, 15) is 13.2 Å². The predicted molar refractivity (Wildman–Crippen MR) is 93.2 cm³/mol. The predicted octanol–water partition coefficient (Wildman–Crippen LogP) is 3.79. The SMILES string of the molecule is C[C@]12CCC(OS(=O)(=O)O)CC1CC[C@@H]1[C@H]2CC[C@]2(C)C(=O)CC[C@@H]12. The molecule has 0 aliphatic heterocycles. The van der Waals surface area contributed by atoms with Crippen LogP contribution in [-0.2, 0) is 19.4 Å². The molecule has 5 nitrogen and oxygen atoms in total. The van der Waals surface area contributed by atoms with E-state index >= 15 is 0 Å². The number of rotatable bonds is 2. The largest absolute Gasteiger partial charge is 0.397 e. The van der Waals surface area contributed by atoms with Crippen LogP contribution in [0.3, 0.4) is 0 Å². The van der Waals surface area contributed by atoms with Crippen LogP contribution in [-0.4, -0.2) is 24.9 Å². The van der Waals surface area contributed by atoms with Crippen LogP contribution >= 0.6 is 0 Å². The molecule has 4 aliphatic rings. The molecule has 4 saturated carbocycles. The van der Waals surface area contributed by atoms with Gasteiger partial charge < -0.3 is 0 Å². The number of hydrogen-bond acceptors (Lipinski definition) is 4. The van der Waals surface area contributed by atoms with Gasteiger partial charge in [0.15, 0.2) is 0 Å². The monoisotopic (exact) mass is 370 g/mol. The molecule has 0 heterocycles. The summed E-state index contributed by atoms with van der Waals surface area (Å²) in [5.41, 5.74) is 0.130. The van der Waals surface area contributed by atoms with Gasteiger partial charge in [-0.15, -0.1) is 0 Å². The van der Waals surface area contributed by atoms with Crippen molar-refractivity contribution < 1.29 is 21.9 Å². The van der Waals surface area contributed by atoms with Gasteiger partial charge in [0.1, 0.15) is 5.78 Å². The first kappa shape index (κ1) is 17.9. The normalized spacial score (nSPS) is 50.0. The van der Waals surface area contributed by atoms with Crippen molar-refractivity contribution in [1.29, 1.82) is 0 Å². The van der Waals surface area contributed by atoms with Crippen molar-refractivity contribution in [2.45, 2.75) is 77.7 Å². The lowest BCUT2D eigenvalue weighted by Crippen LogP contribution is -2.54. The average Bonchev–Trinajstić information content (AvgIpc) is 2.82. The highest BCUT2D eigenvalue weighted by Gasteiger charge is 2.60. The Hall–Kier alpha value is -0.460. The fourth-order valence-corrected chi connectivity index (χ4v) is 7.77. The van der Waals surface area contributed by atoms with Crippen molar-refractivity contribution in [3.8, 4) is 0 Å². The van der Waals surface area contributed by atoms with E-state index in [0.29, 0.717) is 35.9 Å². The van der Waals surface area contributed by atoms with E-state index in [1.807, 2.05) is 0 Å². The van der Waals surface area contributed by atoms with Crippen molar-refractivity contribution in [3.63, 3.8) is 0 Å². The molecule has 0 aromatic rings. The van der Waals surface area contributed by atoms with Crippen LogP contribution in [0.2, 0.25) is 0 Å². The number of carbonyl (C=O) groups excluding carboxylic acids is 1. The molecule has 6 heteroatoms. The number of fused-ring (bicyclic) bond motifs is 5. The van der Waals surface area contributed by atoms with E-state index in [1.165, 1.54) is 0 Å². The Bertz CT molecular complexity index is 673. The maximum Gasteiger partial charge on any atom is 0.397 e. The topological polar surface area (TPSA) is 80.7 Å². The second-order valence-corrected chi connectivity index (χ2v) is 10.5. The zero-order valence-electron chi connectivity index (χ0n) is 15.2. The molecule has 25 heavy (non-hydrogen) atoms. The van der Waals surface area contributed by atoms with Gasteiger partial charge in [-0.3, -0.25) is 9.35 Å². The maximum atomic E-state index is 12.4. The van der Waals surface area contributed by atoms with Crippen LogP contribution < -0.4 is 0 Å². The van der Waals surface area contributed by atoms with Crippen LogP contribution in [0.15, 0.2) is 0 Å². The van der Waals surface area contributed by atoms with Crippen LogP contribution in [0, 0.1) is 34.5 Å². The zero-order valence-corrected chi connectivity index (χ0v) is 16.1. The first-order valence-corrected chi connectivity index (χ1v) is 11.2. The van der Waals surface area contributed by atoms with Crippen LogP contribution in [0.1, 0.15) is 71.6 Å². The van der Waals surface area contributed by atoms with Gasteiger partial charge in [0, 0.05) is 11.8 Å². The fraction of sp³-hybridized carbons (Fsp3) is 0.947. The van der Waals surface area contributed by atoms with E-state index in [0.717, 1.165) is 51.4 Å². The smallest absolute Gasteiger partial charge is 0.299 e. The summed E-state index contributed by atoms with van der Waals surface area (Å²) < 4.78 is 36.0. The Kier molecular flexibility index (Phi) is 4.14. The van der Waals surface area contributed by atoms with Crippen molar-refractivity contribution in [3.05, 3.63) is 0 Å². The molecule has 7 atom stereocenters. The average molecular weight is 371 g/mol. The Balaban J connectivity index is 1.54. The molecule has 4 aliphatic carbocycles. The summed E-state index contributed by atoms with van der Waals surface area (Å²) in [5, 5.41) is 0. The lowest BCUT2D eigenvalue weighted by Gasteiger charge is -2.60. The number of carbonyl (C=O) groups is 1. The summed E-state index contributed by atoms with van der Waals surface area (Å²) in [4.78, 5) is 12.4. The minimum atomic E-state index is -4.37. The Morgan fingerprint density at radius 3 is 2.52 bits per heavy atom. The van der Waals surface area contributed by atoms with Crippen LogP contribution in [0.5, 0.6) is 0 Å². The first-order valence-electron chi connectivity index (χ1n) is 9.82. The highest BCUT2D eigenvalue weighted by molar-refractivity contribution is 7.80. The standard InChI is InChI=1S/C19H30O5S/c1-18-9-7-13(24-25(21,22)23)11-12(18)3-4-14-15-5-6-17(20)19(15,2)10-8-16(14)18/h12-16H,3-11H2,1-2H3,(H,21,22,23)/t12?,13?,14-,15-,16+,18-,19-/m0/s1. The van der Waals surface area contributed by atoms with Gasteiger partial charge in [-0.1, -0.05) is 13.8 Å². The molecule has 0 spiro atoms. The van der Waals surface area contributed by atoms with E-state index in [4.69, 9.17) is 8.74 Å². The van der Waals surface area contributed by atoms with E-state index in [-0.39, 0.29) is 16.9 Å². The summed E-state index contributed by atoms with van der Waals surface area (Å²) in [6, 6.07) is 0. The van der Waals surface area contributed by atoms with Gasteiger partial charge in [0.05, 0.1) is 6.10 Å². The molecular formula is C19H30O5S. The third kappa shape index (κ3) is 2.79. The first-order chi connectivity index (χ1) is 11.6. The summed E-state index contributed by atoms with van der Waals surface area (Å²) in [6.45, 7) is 4.59. The molecule has 0 aromatic heterocycles. The van der Waals surface area contributed by atoms with Gasteiger partial charge in [0.25, 0.3) is 0 Å². The van der Waals surface area contributed by atoms with Gasteiger partial charge in [-0.2, -0.15) is 8.42 Å². The maximum absolute atomic E-state index is 12.4. The Morgan fingerprint density at radius 1 is 1.04 bits per heavy atom. The Morgan fingerprint density at radius 2 is 1.80 bits per heavy atom. The second-order valence-electron chi connectivity index (χ2n) is 9.50. The summed E-state index contributed by atoms with van der Waals surface area (Å²) >= 11 is 0. The third-order valence-corrected chi connectivity index (χ3v) is 9.10. The lowest BCUT2D eigenvalue weighted by atomic mass is 9.45. The van der Waals surface area contributed by atoms with Crippen LogP contribution in [0.4, 0.5) is 0 Å². The Labute approximate surface area is 150 Å². The molecular weight excluding hydrogens is 340 g/mol. The van der Waals surface area contributed by atoms with Crippen molar-refractivity contribution in [1.82, 2.24) is 0 Å². The molecule has 4 fully saturated rings. The van der Waals surface area contributed by atoms with E-state index in [2.05, 4.69) is 13.8 Å². The van der Waals surface area contributed by atoms with Gasteiger partial charge in [-0.05, 0) is 80.5 Å². The fourth-order valence-electron chi connectivity index (χ4n) is 7.25. The zero-order chi connectivity index (χ0) is 18.0. The number of Topliss-reactive ketones (excluding diaryl/α,β-unsaturated/α-hetero) is 1. The molecule has 0 radical (unpaired) electrons. The van der Waals surface area contributed by atoms with Crippen molar-refractivity contribution in [2.24, 2.45) is 34.5 Å². The lowest BCUT2D eigenvalue weighted by molar-refractivity contribution is -0.141. The molecule has 0 bridgehead atoms. The summed E-state index contributed by atoms with van der Waals surface area (Å²) in [6.07, 6.45) is 8.19. The molecule has 2 unspecified atom stereocenters. The van der Waals surface area contributed by atoms with Gasteiger partial charge >= 0.3 is 10.4 Å². The molecule has 0 amide bonds. The number of ketones is 1. The molecule has 0 saturated heterocycles. The minimum absolute atomic E-state index is 0.0877. The van der Waals surface area contributed by atoms with Crippen molar-refractivity contribution >= 4 is 16.2 Å². The highest BCUT2D eigenvalue weighted by atomic mass is 32.3.